The molecule has 10 nitrogen and oxygen atoms in total. The van der Waals surface area contributed by atoms with Crippen molar-refractivity contribution in [3.63, 3.8) is 0 Å². The van der Waals surface area contributed by atoms with Crippen LogP contribution < -0.4 is 4.74 Å². The zero-order valence-corrected chi connectivity index (χ0v) is 20.3. The van der Waals surface area contributed by atoms with E-state index in [-0.39, 0.29) is 11.4 Å². The van der Waals surface area contributed by atoms with Crippen LogP contribution in [0.5, 0.6) is 11.5 Å². The molecule has 0 fully saturated rings. The largest absolute Gasteiger partial charge is 0.507 e. The molecule has 0 spiro atoms. The van der Waals surface area contributed by atoms with Crippen molar-refractivity contribution in [1.82, 2.24) is 0 Å². The number of rotatable bonds is 14. The van der Waals surface area contributed by atoms with Crippen LogP contribution >= 0.6 is 0 Å². The summed E-state index contributed by atoms with van der Waals surface area (Å²) in [5.74, 6) is 0.571. The summed E-state index contributed by atoms with van der Waals surface area (Å²) < 4.78 is 6.02. The summed E-state index contributed by atoms with van der Waals surface area (Å²) in [6, 6.07) is 11.4. The molecule has 0 heterocycles. The number of ether oxygens (including phenoxy) is 1. The van der Waals surface area contributed by atoms with Gasteiger partial charge in [-0.3, -0.25) is 20.2 Å². The minimum Gasteiger partial charge on any atom is -0.507 e. The van der Waals surface area contributed by atoms with Crippen molar-refractivity contribution in [2.45, 2.75) is 58.3 Å². The molecule has 0 amide bonds. The number of benzene rings is 3. The van der Waals surface area contributed by atoms with E-state index in [1.165, 1.54) is 44.2 Å². The zero-order chi connectivity index (χ0) is 25.9. The van der Waals surface area contributed by atoms with Gasteiger partial charge in [0.05, 0.1) is 33.6 Å². The Hall–Kier alpha value is -4.08. The zero-order valence-electron chi connectivity index (χ0n) is 20.3. The molecule has 0 saturated heterocycles. The molecular formula is C26H30N4O6. The molecule has 0 saturated carbocycles. The second-order valence-corrected chi connectivity index (χ2v) is 8.49. The van der Waals surface area contributed by atoms with Gasteiger partial charge in [0.1, 0.15) is 11.5 Å². The third-order valence-corrected chi connectivity index (χ3v) is 5.84. The van der Waals surface area contributed by atoms with Crippen LogP contribution in [0.3, 0.4) is 0 Å². The van der Waals surface area contributed by atoms with E-state index in [1.54, 1.807) is 24.3 Å². The van der Waals surface area contributed by atoms with Gasteiger partial charge in [0.25, 0.3) is 5.69 Å². The molecule has 0 atom stereocenters. The molecule has 0 aromatic heterocycles. The number of phenols is 1. The number of nitro groups is 2. The lowest BCUT2D eigenvalue weighted by Gasteiger charge is -2.12. The molecule has 10 heteroatoms. The molecule has 0 radical (unpaired) electrons. The minimum atomic E-state index is -0.741. The Balaban J connectivity index is 1.78. The standard InChI is InChI=1S/C26H30N4O6/c1-2-3-4-5-6-7-8-9-17-36-25-12-10-11-20-24(31)16-15-22(26(20)25)28-27-21-14-13-19(29(32)33)18-23(21)30(34)35/h10-16,18,31H,2-9,17H2,1H3/b28-27+. The Labute approximate surface area is 208 Å². The van der Waals surface area contributed by atoms with Gasteiger partial charge in [0.2, 0.25) is 0 Å². The molecule has 190 valence electrons. The highest BCUT2D eigenvalue weighted by atomic mass is 16.6. The number of non-ortho nitro benzene ring substituents is 1. The van der Waals surface area contributed by atoms with Gasteiger partial charge < -0.3 is 9.84 Å². The highest BCUT2D eigenvalue weighted by Crippen LogP contribution is 2.40. The van der Waals surface area contributed by atoms with E-state index in [2.05, 4.69) is 17.2 Å². The molecule has 3 aromatic carbocycles. The highest BCUT2D eigenvalue weighted by molar-refractivity contribution is 6.01. The molecule has 36 heavy (non-hydrogen) atoms. The van der Waals surface area contributed by atoms with E-state index < -0.39 is 21.2 Å². The number of phenolic OH excluding ortho intramolecular Hbond substituents is 1. The van der Waals surface area contributed by atoms with Crippen molar-refractivity contribution >= 4 is 33.5 Å². The Morgan fingerprint density at radius 3 is 2.19 bits per heavy atom. The maximum absolute atomic E-state index is 11.4. The van der Waals surface area contributed by atoms with Gasteiger partial charge >= 0.3 is 5.69 Å². The first-order valence-corrected chi connectivity index (χ1v) is 12.1. The van der Waals surface area contributed by atoms with Crippen molar-refractivity contribution in [2.75, 3.05) is 6.61 Å². The van der Waals surface area contributed by atoms with Crippen molar-refractivity contribution in [1.29, 1.82) is 0 Å². The van der Waals surface area contributed by atoms with E-state index in [0.717, 1.165) is 31.4 Å². The van der Waals surface area contributed by atoms with Crippen LogP contribution in [0, 0.1) is 20.2 Å². The first-order chi connectivity index (χ1) is 17.4. The predicted octanol–water partition coefficient (Wildman–Crippen LogP) is 8.30. The first kappa shape index (κ1) is 26.5. The van der Waals surface area contributed by atoms with Gasteiger partial charge in [0.15, 0.2) is 5.69 Å². The lowest BCUT2D eigenvalue weighted by Crippen LogP contribution is -1.98. The lowest BCUT2D eigenvalue weighted by molar-refractivity contribution is -0.393. The third kappa shape index (κ3) is 6.97. The number of unbranched alkanes of at least 4 members (excludes halogenated alkanes) is 7. The molecule has 3 aromatic rings. The smallest absolute Gasteiger partial charge is 0.303 e. The van der Waals surface area contributed by atoms with Gasteiger partial charge in [-0.05, 0) is 30.7 Å². The second kappa shape index (κ2) is 13.1. The number of hydrogen-bond acceptors (Lipinski definition) is 8. The highest BCUT2D eigenvalue weighted by Gasteiger charge is 2.20. The monoisotopic (exact) mass is 494 g/mol. The fraction of sp³-hybridized carbons (Fsp3) is 0.385. The van der Waals surface area contributed by atoms with E-state index in [0.29, 0.717) is 28.8 Å². The quantitative estimate of drug-likeness (QED) is 0.103. The van der Waals surface area contributed by atoms with Crippen molar-refractivity contribution in [3.8, 4) is 11.5 Å². The fourth-order valence-electron chi connectivity index (χ4n) is 3.93. The van der Waals surface area contributed by atoms with E-state index >= 15 is 0 Å². The van der Waals surface area contributed by atoms with Crippen LogP contribution in [0.15, 0.2) is 58.8 Å². The molecule has 0 bridgehead atoms. The summed E-state index contributed by atoms with van der Waals surface area (Å²) in [4.78, 5) is 20.9. The molecule has 0 aliphatic carbocycles. The Bertz CT molecular complexity index is 1240. The average molecular weight is 495 g/mol. The summed E-state index contributed by atoms with van der Waals surface area (Å²) in [7, 11) is 0. The van der Waals surface area contributed by atoms with E-state index in [4.69, 9.17) is 4.74 Å². The van der Waals surface area contributed by atoms with Gasteiger partial charge in [-0.1, -0.05) is 64.0 Å². The van der Waals surface area contributed by atoms with Crippen molar-refractivity contribution in [2.24, 2.45) is 10.2 Å². The second-order valence-electron chi connectivity index (χ2n) is 8.49. The summed E-state index contributed by atoms with van der Waals surface area (Å²) in [6.45, 7) is 2.71. The van der Waals surface area contributed by atoms with Crippen LogP contribution in [0.2, 0.25) is 0 Å². The van der Waals surface area contributed by atoms with E-state index in [1.807, 2.05) is 0 Å². The molecule has 0 unspecified atom stereocenters. The van der Waals surface area contributed by atoms with Gasteiger partial charge in [-0.15, -0.1) is 10.2 Å². The number of aromatic hydroxyl groups is 1. The number of hydrogen-bond donors (Lipinski definition) is 1. The average Bonchev–Trinajstić information content (AvgIpc) is 2.87. The Morgan fingerprint density at radius 2 is 1.50 bits per heavy atom. The molecular weight excluding hydrogens is 464 g/mol. The van der Waals surface area contributed by atoms with Crippen molar-refractivity contribution < 1.29 is 19.7 Å². The topological polar surface area (TPSA) is 140 Å². The van der Waals surface area contributed by atoms with Gasteiger partial charge in [-0.2, -0.15) is 0 Å². The molecule has 0 aliphatic heterocycles. The van der Waals surface area contributed by atoms with Crippen LogP contribution in [-0.4, -0.2) is 21.6 Å². The maximum atomic E-state index is 11.4. The Kier molecular flexibility index (Phi) is 9.67. The van der Waals surface area contributed by atoms with Crippen LogP contribution in [0.1, 0.15) is 58.3 Å². The number of nitro benzene ring substituents is 2. The summed E-state index contributed by atoms with van der Waals surface area (Å²) in [5.41, 5.74) is -0.708. The molecule has 3 rings (SSSR count). The predicted molar refractivity (Wildman–Crippen MR) is 138 cm³/mol. The summed E-state index contributed by atoms with van der Waals surface area (Å²) in [6.07, 6.45) is 9.42. The summed E-state index contributed by atoms with van der Waals surface area (Å²) in [5, 5.41) is 41.9. The first-order valence-electron chi connectivity index (χ1n) is 12.1. The lowest BCUT2D eigenvalue weighted by atomic mass is 10.1. The number of nitrogens with zero attached hydrogens (tertiary/aromatic N) is 4. The van der Waals surface area contributed by atoms with Gasteiger partial charge in [-0.25, -0.2) is 0 Å². The third-order valence-electron chi connectivity index (χ3n) is 5.84. The SMILES string of the molecule is CCCCCCCCCCOc1cccc2c(O)ccc(/N=N/c3ccc([N+](=O)[O-])cc3[N+](=O)[O-])c12. The number of azo groups is 1. The minimum absolute atomic E-state index is 0.0443. The van der Waals surface area contributed by atoms with Crippen LogP contribution in [-0.2, 0) is 0 Å². The van der Waals surface area contributed by atoms with Crippen molar-refractivity contribution in [3.05, 3.63) is 68.8 Å². The maximum Gasteiger partial charge on any atom is 0.303 e. The fourth-order valence-corrected chi connectivity index (χ4v) is 3.93. The Morgan fingerprint density at radius 1 is 0.833 bits per heavy atom. The molecule has 0 aliphatic rings. The van der Waals surface area contributed by atoms with Crippen LogP contribution in [0.4, 0.5) is 22.7 Å². The van der Waals surface area contributed by atoms with Crippen LogP contribution in [0.25, 0.3) is 10.8 Å². The summed E-state index contributed by atoms with van der Waals surface area (Å²) >= 11 is 0. The van der Waals surface area contributed by atoms with Gasteiger partial charge in [0, 0.05) is 11.5 Å². The normalized spacial score (nSPS) is 11.2. The van der Waals surface area contributed by atoms with E-state index in [9.17, 15) is 25.3 Å². The molecule has 1 N–H and O–H groups in total. The number of fused-ring (bicyclic) bond motifs is 1.